The van der Waals surface area contributed by atoms with E-state index in [1.165, 1.54) is 5.56 Å². The number of rotatable bonds is 1. The maximum atomic E-state index is 5.38. The van der Waals surface area contributed by atoms with Gasteiger partial charge < -0.3 is 9.47 Å². The van der Waals surface area contributed by atoms with Crippen LogP contribution in [0.1, 0.15) is 38.8 Å². The van der Waals surface area contributed by atoms with Crippen LogP contribution in [-0.2, 0) is 0 Å². The van der Waals surface area contributed by atoms with Gasteiger partial charge >= 0.3 is 0 Å². The van der Waals surface area contributed by atoms with Crippen LogP contribution < -0.4 is 9.47 Å². The maximum absolute atomic E-state index is 5.38. The molecule has 0 aliphatic carbocycles. The van der Waals surface area contributed by atoms with Crippen molar-refractivity contribution in [3.05, 3.63) is 66.6 Å². The van der Waals surface area contributed by atoms with Crippen LogP contribution in [-0.4, -0.2) is 41.1 Å². The van der Waals surface area contributed by atoms with Gasteiger partial charge in [0.05, 0.1) is 0 Å². The first-order valence-corrected chi connectivity index (χ1v) is 10.3. The summed E-state index contributed by atoms with van der Waals surface area (Å²) >= 11 is 0. The molecule has 6 nitrogen and oxygen atoms in total. The Morgan fingerprint density at radius 3 is 2.27 bits per heavy atom. The zero-order valence-electron chi connectivity index (χ0n) is 19.4. The smallest absolute Gasteiger partial charge is 0.163 e. The molecule has 3 aromatic rings. The van der Waals surface area contributed by atoms with E-state index in [0.29, 0.717) is 13.2 Å². The van der Waals surface area contributed by atoms with Crippen molar-refractivity contribution in [3.63, 3.8) is 0 Å². The Morgan fingerprint density at radius 2 is 1.70 bits per heavy atom. The zero-order chi connectivity index (χ0) is 22.8. The Labute approximate surface area is 181 Å². The van der Waals surface area contributed by atoms with Crippen molar-refractivity contribution < 1.29 is 9.47 Å². The lowest BCUT2D eigenvalue weighted by Gasteiger charge is -2.18. The molecule has 0 spiro atoms. The first-order valence-electron chi connectivity index (χ1n) is 10.3. The van der Waals surface area contributed by atoms with Crippen molar-refractivity contribution in [2.24, 2.45) is 4.99 Å². The highest BCUT2D eigenvalue weighted by molar-refractivity contribution is 5.69. The Hall–Kier alpha value is -3.15. The molecule has 0 saturated heterocycles. The van der Waals surface area contributed by atoms with E-state index < -0.39 is 0 Å². The van der Waals surface area contributed by atoms with Crippen LogP contribution >= 0.6 is 0 Å². The highest BCUT2D eigenvalue weighted by Gasteiger charge is 2.09. The fourth-order valence-electron chi connectivity index (χ4n) is 2.24. The van der Waals surface area contributed by atoms with E-state index in [4.69, 9.17) is 9.47 Å². The molecule has 6 heteroatoms. The van der Waals surface area contributed by atoms with Gasteiger partial charge in [0.2, 0.25) is 0 Å². The van der Waals surface area contributed by atoms with Crippen molar-refractivity contribution in [1.82, 2.24) is 14.6 Å². The molecule has 1 aliphatic rings. The lowest BCUT2D eigenvalue weighted by molar-refractivity contribution is 0.171. The highest BCUT2D eigenvalue weighted by Crippen LogP contribution is 2.30. The summed E-state index contributed by atoms with van der Waals surface area (Å²) in [4.78, 5) is 3.61. The van der Waals surface area contributed by atoms with Crippen LogP contribution in [0.4, 0.5) is 0 Å². The zero-order valence-corrected chi connectivity index (χ0v) is 19.4. The molecular formula is C24H36N4O2. The summed E-state index contributed by atoms with van der Waals surface area (Å²) in [5.74, 6) is 1.73. The Kier molecular flexibility index (Phi) is 15.0. The molecule has 164 valence electrons. The second-order valence-electron chi connectivity index (χ2n) is 5.54. The van der Waals surface area contributed by atoms with Crippen molar-refractivity contribution in [2.45, 2.75) is 41.5 Å². The quantitative estimate of drug-likeness (QED) is 0.479. The summed E-state index contributed by atoms with van der Waals surface area (Å²) in [7, 11) is 1.71. The van der Waals surface area contributed by atoms with Gasteiger partial charge in [-0.1, -0.05) is 52.5 Å². The lowest BCUT2D eigenvalue weighted by atomic mass is 10.2. The number of aliphatic imine (C=N–C) groups is 1. The van der Waals surface area contributed by atoms with Gasteiger partial charge in [0, 0.05) is 19.5 Å². The number of aryl methyl sites for hydroxylation is 2. The van der Waals surface area contributed by atoms with Gasteiger partial charge in [-0.2, -0.15) is 0 Å². The molecule has 2 aromatic heterocycles. The highest BCUT2D eigenvalue weighted by atomic mass is 16.6. The molecule has 0 fully saturated rings. The molecule has 1 aromatic carbocycles. The number of aromatic nitrogens is 3. The van der Waals surface area contributed by atoms with Crippen molar-refractivity contribution in [2.75, 3.05) is 20.3 Å². The second kappa shape index (κ2) is 16.8. The van der Waals surface area contributed by atoms with Gasteiger partial charge in [0.25, 0.3) is 0 Å². The summed E-state index contributed by atoms with van der Waals surface area (Å²) in [5, 5.41) is 7.71. The third-order valence-electron chi connectivity index (χ3n) is 3.47. The summed E-state index contributed by atoms with van der Waals surface area (Å²) in [6.45, 7) is 16.8. The maximum Gasteiger partial charge on any atom is 0.163 e. The molecule has 0 bridgehead atoms. The topological polar surface area (TPSA) is 61.0 Å². The molecule has 0 amide bonds. The van der Waals surface area contributed by atoms with E-state index in [2.05, 4.69) is 21.8 Å². The van der Waals surface area contributed by atoms with Crippen LogP contribution in [0.3, 0.4) is 0 Å². The first-order chi connectivity index (χ1) is 14.7. The number of benzene rings is 1. The molecule has 0 atom stereocenters. The molecule has 0 unspecified atom stereocenters. The Bertz CT molecular complexity index is 873. The van der Waals surface area contributed by atoms with Crippen molar-refractivity contribution in [3.8, 4) is 11.5 Å². The van der Waals surface area contributed by atoms with Gasteiger partial charge in [-0.25, -0.2) is 0 Å². The third kappa shape index (κ3) is 9.37. The molecule has 3 heterocycles. The summed E-state index contributed by atoms with van der Waals surface area (Å²) < 4.78 is 12.6. The molecule has 0 N–H and O–H groups in total. The third-order valence-corrected chi connectivity index (χ3v) is 3.47. The fraction of sp³-hybridized carbons (Fsp3) is 0.375. The second-order valence-corrected chi connectivity index (χ2v) is 5.54. The number of fused-ring (bicyclic) bond motifs is 2. The van der Waals surface area contributed by atoms with E-state index in [1.54, 1.807) is 25.7 Å². The minimum Gasteiger partial charge on any atom is -0.486 e. The van der Waals surface area contributed by atoms with Gasteiger partial charge in [-0.15, -0.1) is 10.2 Å². The van der Waals surface area contributed by atoms with Crippen LogP contribution in [0.25, 0.3) is 5.65 Å². The van der Waals surface area contributed by atoms with E-state index >= 15 is 0 Å². The minimum atomic E-state index is 0.663. The van der Waals surface area contributed by atoms with Crippen molar-refractivity contribution in [1.29, 1.82) is 0 Å². The van der Waals surface area contributed by atoms with Crippen LogP contribution in [0.5, 0.6) is 11.5 Å². The largest absolute Gasteiger partial charge is 0.486 e. The number of pyridine rings is 1. The SMILES string of the molecule is C=CC=NC.CC.CC.Cc1ccc2c(c1)OCCO2.Cc1cccn2cnnc12. The van der Waals surface area contributed by atoms with Gasteiger partial charge in [-0.05, 0) is 43.2 Å². The standard InChI is InChI=1S/C9H10O2.C7H7N3.C4H7N.2C2H6/c1-7-2-3-8-9(6-7)11-5-4-10-8;1-6-3-2-4-10-5-8-9-7(6)10;1-3-4-5-2;2*1-2/h2-3,6H,4-5H2,1H3;2-5H,1H3;3-4H,1H2,2H3;2*1-2H3. The van der Waals surface area contributed by atoms with Crippen molar-refractivity contribution >= 4 is 11.9 Å². The summed E-state index contributed by atoms with van der Waals surface area (Å²) in [5.41, 5.74) is 3.29. The summed E-state index contributed by atoms with van der Waals surface area (Å²) in [6.07, 6.45) is 6.91. The molecule has 0 radical (unpaired) electrons. The minimum absolute atomic E-state index is 0.663. The monoisotopic (exact) mass is 412 g/mol. The predicted octanol–water partition coefficient (Wildman–Crippen LogP) is 5.73. The molecule has 30 heavy (non-hydrogen) atoms. The van der Waals surface area contributed by atoms with Crippen LogP contribution in [0.2, 0.25) is 0 Å². The first kappa shape index (κ1) is 26.9. The molecular weight excluding hydrogens is 376 g/mol. The fourth-order valence-corrected chi connectivity index (χ4v) is 2.24. The number of allylic oxidation sites excluding steroid dienone is 1. The normalized spacial score (nSPS) is 10.8. The van der Waals surface area contributed by atoms with Gasteiger partial charge in [0.1, 0.15) is 19.5 Å². The average Bonchev–Trinajstić information content (AvgIpc) is 3.28. The number of nitrogens with zero attached hydrogens (tertiary/aromatic N) is 4. The van der Waals surface area contributed by atoms with Crippen LogP contribution in [0, 0.1) is 13.8 Å². The molecule has 1 aliphatic heterocycles. The van der Waals surface area contributed by atoms with E-state index in [9.17, 15) is 0 Å². The van der Waals surface area contributed by atoms with Gasteiger partial charge in [0.15, 0.2) is 17.1 Å². The van der Waals surface area contributed by atoms with Gasteiger partial charge in [-0.3, -0.25) is 9.39 Å². The van der Waals surface area contributed by atoms with E-state index in [-0.39, 0.29) is 0 Å². The van der Waals surface area contributed by atoms with Crippen LogP contribution in [0.15, 0.2) is 60.5 Å². The summed E-state index contributed by atoms with van der Waals surface area (Å²) in [6, 6.07) is 9.96. The molecule has 4 rings (SSSR count). The van der Waals surface area contributed by atoms with E-state index in [1.807, 2.05) is 82.5 Å². The number of hydrogen-bond donors (Lipinski definition) is 0. The lowest BCUT2D eigenvalue weighted by Crippen LogP contribution is -2.15. The Morgan fingerprint density at radius 1 is 1.03 bits per heavy atom. The molecule has 0 saturated carbocycles. The predicted molar refractivity (Wildman–Crippen MR) is 127 cm³/mol. The van der Waals surface area contributed by atoms with E-state index in [0.717, 1.165) is 22.7 Å². The number of hydrogen-bond acceptors (Lipinski definition) is 5. The Balaban J connectivity index is 0.000000410. The number of ether oxygens (including phenoxy) is 2. The average molecular weight is 413 g/mol.